The molecule has 0 radical (unpaired) electrons. The van der Waals surface area contributed by atoms with Crippen molar-refractivity contribution in [2.45, 2.75) is 77.0 Å². The smallest absolute Gasteiger partial charge is 0.141 e. The van der Waals surface area contributed by atoms with Crippen LogP contribution in [0.15, 0.2) is 18.2 Å². The van der Waals surface area contributed by atoms with Crippen molar-refractivity contribution >= 4 is 0 Å². The van der Waals surface area contributed by atoms with Crippen molar-refractivity contribution in [2.24, 2.45) is 17.8 Å². The molecule has 0 saturated heterocycles. The van der Waals surface area contributed by atoms with Crippen LogP contribution in [0.5, 0.6) is 0 Å². The molecule has 2 saturated carbocycles. The molecule has 0 bridgehead atoms. The molecular weight excluding hydrogens is 297 g/mol. The van der Waals surface area contributed by atoms with E-state index in [0.717, 1.165) is 36.2 Å². The molecule has 0 unspecified atom stereocenters. The molecule has 1 nitrogen and oxygen atoms in total. The van der Waals surface area contributed by atoms with E-state index in [1.165, 1.54) is 57.4 Å². The third-order valence-corrected chi connectivity index (χ3v) is 6.62. The zero-order valence-electron chi connectivity index (χ0n) is 14.9. The lowest BCUT2D eigenvalue weighted by Crippen LogP contribution is -2.25. The summed E-state index contributed by atoms with van der Waals surface area (Å²) in [4.78, 5) is 0. The molecule has 130 valence electrons. The second kappa shape index (κ2) is 8.15. The van der Waals surface area contributed by atoms with E-state index in [4.69, 9.17) is 0 Å². The van der Waals surface area contributed by atoms with Gasteiger partial charge in [0.1, 0.15) is 11.9 Å². The Bertz CT molecular complexity index is 572. The molecule has 0 aliphatic heterocycles. The highest BCUT2D eigenvalue weighted by atomic mass is 19.1. The minimum absolute atomic E-state index is 0.279. The van der Waals surface area contributed by atoms with Gasteiger partial charge in [-0.25, -0.2) is 4.39 Å². The molecule has 0 N–H and O–H groups in total. The Morgan fingerprint density at radius 1 is 1.00 bits per heavy atom. The quantitative estimate of drug-likeness (QED) is 0.613. The number of halogens is 1. The minimum Gasteiger partial charge on any atom is -0.206 e. The topological polar surface area (TPSA) is 23.8 Å². The number of nitrogens with zero attached hydrogens (tertiary/aromatic N) is 1. The molecule has 24 heavy (non-hydrogen) atoms. The second-order valence-corrected chi connectivity index (χ2v) is 8.00. The van der Waals surface area contributed by atoms with Gasteiger partial charge in [0, 0.05) is 0 Å². The molecule has 1 aromatic carbocycles. The van der Waals surface area contributed by atoms with Gasteiger partial charge in [-0.2, -0.15) is 5.26 Å². The van der Waals surface area contributed by atoms with E-state index in [-0.39, 0.29) is 11.4 Å². The van der Waals surface area contributed by atoms with Crippen molar-refractivity contribution in [3.63, 3.8) is 0 Å². The molecule has 0 spiro atoms. The van der Waals surface area contributed by atoms with Gasteiger partial charge >= 0.3 is 0 Å². The number of hydrogen-bond acceptors (Lipinski definition) is 1. The summed E-state index contributed by atoms with van der Waals surface area (Å²) < 4.78 is 13.8. The molecule has 3 rings (SSSR count). The van der Waals surface area contributed by atoms with Gasteiger partial charge in [0.05, 0.1) is 5.56 Å². The summed E-state index contributed by atoms with van der Waals surface area (Å²) in [7, 11) is 0. The Morgan fingerprint density at radius 2 is 1.62 bits per heavy atom. The van der Waals surface area contributed by atoms with Crippen LogP contribution in [0, 0.1) is 34.9 Å². The first kappa shape index (κ1) is 17.5. The molecule has 0 heterocycles. The van der Waals surface area contributed by atoms with E-state index < -0.39 is 0 Å². The lowest BCUT2D eigenvalue weighted by molar-refractivity contribution is 0.156. The van der Waals surface area contributed by atoms with E-state index in [0.29, 0.717) is 5.92 Å². The number of nitriles is 1. The largest absolute Gasteiger partial charge is 0.206 e. The molecule has 2 aliphatic rings. The van der Waals surface area contributed by atoms with E-state index in [1.54, 1.807) is 6.07 Å². The SMILES string of the molecule is CCCC1CCC(C2CCC(c3cccc(F)c3C#N)CC2)CC1. The van der Waals surface area contributed by atoms with Crippen LogP contribution in [0.4, 0.5) is 4.39 Å². The predicted octanol–water partition coefficient (Wildman–Crippen LogP) is 6.58. The van der Waals surface area contributed by atoms with Crippen molar-refractivity contribution in [2.75, 3.05) is 0 Å². The predicted molar refractivity (Wildman–Crippen MR) is 96.2 cm³/mol. The maximum atomic E-state index is 13.8. The third kappa shape index (κ3) is 3.82. The maximum absolute atomic E-state index is 13.8. The average molecular weight is 327 g/mol. The van der Waals surface area contributed by atoms with Crippen molar-refractivity contribution in [1.29, 1.82) is 5.26 Å². The third-order valence-electron chi connectivity index (χ3n) is 6.62. The zero-order chi connectivity index (χ0) is 16.9. The Morgan fingerprint density at radius 3 is 2.21 bits per heavy atom. The van der Waals surface area contributed by atoms with E-state index >= 15 is 0 Å². The van der Waals surface area contributed by atoms with Crippen molar-refractivity contribution in [3.8, 4) is 6.07 Å². The van der Waals surface area contributed by atoms with Crippen LogP contribution in [-0.2, 0) is 0 Å². The van der Waals surface area contributed by atoms with Crippen LogP contribution in [0.2, 0.25) is 0 Å². The van der Waals surface area contributed by atoms with Gasteiger partial charge in [-0.3, -0.25) is 0 Å². The number of benzene rings is 1. The Balaban J connectivity index is 1.55. The molecule has 2 heteroatoms. The highest BCUT2D eigenvalue weighted by Crippen LogP contribution is 2.45. The zero-order valence-corrected chi connectivity index (χ0v) is 14.9. The lowest BCUT2D eigenvalue weighted by Gasteiger charge is -2.38. The fourth-order valence-corrected chi connectivity index (χ4v) is 5.26. The summed E-state index contributed by atoms with van der Waals surface area (Å²) in [6.07, 6.45) is 13.2. The fourth-order valence-electron chi connectivity index (χ4n) is 5.26. The molecule has 2 aliphatic carbocycles. The maximum Gasteiger partial charge on any atom is 0.141 e. The Labute approximate surface area is 146 Å². The summed E-state index contributed by atoms with van der Waals surface area (Å²) in [5.74, 6) is 2.78. The van der Waals surface area contributed by atoms with Crippen LogP contribution in [0.25, 0.3) is 0 Å². The van der Waals surface area contributed by atoms with Crippen LogP contribution in [0.1, 0.15) is 88.2 Å². The number of hydrogen-bond donors (Lipinski definition) is 0. The molecule has 1 aromatic rings. The van der Waals surface area contributed by atoms with Crippen LogP contribution in [0.3, 0.4) is 0 Å². The minimum atomic E-state index is -0.355. The van der Waals surface area contributed by atoms with Crippen LogP contribution >= 0.6 is 0 Å². The van der Waals surface area contributed by atoms with E-state index in [2.05, 4.69) is 13.0 Å². The van der Waals surface area contributed by atoms with Gasteiger partial charge in [0.2, 0.25) is 0 Å². The first-order chi connectivity index (χ1) is 11.7. The van der Waals surface area contributed by atoms with Gasteiger partial charge in [-0.1, -0.05) is 44.7 Å². The summed E-state index contributed by atoms with van der Waals surface area (Å²) >= 11 is 0. The van der Waals surface area contributed by atoms with E-state index in [9.17, 15) is 9.65 Å². The molecule has 0 aromatic heterocycles. The van der Waals surface area contributed by atoms with Crippen LogP contribution in [-0.4, -0.2) is 0 Å². The Hall–Kier alpha value is -1.36. The normalized spacial score (nSPS) is 30.7. The lowest BCUT2D eigenvalue weighted by atomic mass is 9.67. The molecular formula is C22H30FN. The summed E-state index contributed by atoms with van der Waals surface area (Å²) in [6.45, 7) is 2.30. The second-order valence-electron chi connectivity index (χ2n) is 8.00. The monoisotopic (exact) mass is 327 g/mol. The molecule has 2 fully saturated rings. The first-order valence-corrected chi connectivity index (χ1v) is 9.91. The van der Waals surface area contributed by atoms with Gasteiger partial charge in [0.15, 0.2) is 0 Å². The van der Waals surface area contributed by atoms with Gasteiger partial charge < -0.3 is 0 Å². The van der Waals surface area contributed by atoms with Gasteiger partial charge in [-0.05, 0) is 73.8 Å². The average Bonchev–Trinajstić information content (AvgIpc) is 2.63. The molecule has 0 amide bonds. The first-order valence-electron chi connectivity index (χ1n) is 9.91. The summed E-state index contributed by atoms with van der Waals surface area (Å²) in [5.41, 5.74) is 1.23. The van der Waals surface area contributed by atoms with Gasteiger partial charge in [-0.15, -0.1) is 0 Å². The highest BCUT2D eigenvalue weighted by Gasteiger charge is 2.31. The van der Waals surface area contributed by atoms with Crippen molar-refractivity contribution in [1.82, 2.24) is 0 Å². The fraction of sp³-hybridized carbons (Fsp3) is 0.682. The van der Waals surface area contributed by atoms with E-state index in [1.807, 2.05) is 6.07 Å². The Kier molecular flexibility index (Phi) is 5.93. The summed E-state index contributed by atoms with van der Waals surface area (Å²) in [5, 5.41) is 9.26. The molecule has 0 atom stereocenters. The van der Waals surface area contributed by atoms with Gasteiger partial charge in [0.25, 0.3) is 0 Å². The van der Waals surface area contributed by atoms with Crippen LogP contribution < -0.4 is 0 Å². The summed E-state index contributed by atoms with van der Waals surface area (Å²) in [6, 6.07) is 7.20. The standard InChI is InChI=1S/C22H30FN/c1-2-4-16-7-9-17(10-8-16)18-11-13-19(14-12-18)20-5-3-6-22(23)21(20)15-24/h3,5-6,16-19H,2,4,7-14H2,1H3. The van der Waals surface area contributed by atoms with Crippen molar-refractivity contribution in [3.05, 3.63) is 35.1 Å². The van der Waals surface area contributed by atoms with Crippen molar-refractivity contribution < 1.29 is 4.39 Å². The number of rotatable bonds is 4. The highest BCUT2D eigenvalue weighted by molar-refractivity contribution is 5.41.